The molecule has 2 unspecified atom stereocenters. The van der Waals surface area contributed by atoms with Crippen molar-refractivity contribution in [3.63, 3.8) is 0 Å². The Balaban J connectivity index is 2.78. The highest BCUT2D eigenvalue weighted by Crippen LogP contribution is 2.39. The van der Waals surface area contributed by atoms with Crippen LogP contribution in [0, 0.1) is 11.8 Å². The molecule has 1 aliphatic carbocycles. The van der Waals surface area contributed by atoms with E-state index in [-0.39, 0.29) is 5.60 Å². The molecule has 19 heavy (non-hydrogen) atoms. The summed E-state index contributed by atoms with van der Waals surface area (Å²) in [6.45, 7) is 13.3. The summed E-state index contributed by atoms with van der Waals surface area (Å²) in [5.41, 5.74) is 0.0979. The molecule has 0 aromatic carbocycles. The van der Waals surface area contributed by atoms with Crippen LogP contribution >= 0.6 is 0 Å². The monoisotopic (exact) mass is 269 g/mol. The SMILES string of the molecule is CCNC(CC(C)CC)C1(OCC)CCC(C)CC1. The number of hydrogen-bond acceptors (Lipinski definition) is 2. The van der Waals surface area contributed by atoms with Crippen LogP contribution in [0.5, 0.6) is 0 Å². The molecule has 1 aliphatic rings. The van der Waals surface area contributed by atoms with Gasteiger partial charge < -0.3 is 10.1 Å². The van der Waals surface area contributed by atoms with Gasteiger partial charge in [0.2, 0.25) is 0 Å². The molecule has 0 aliphatic heterocycles. The van der Waals surface area contributed by atoms with Gasteiger partial charge in [-0.25, -0.2) is 0 Å². The van der Waals surface area contributed by atoms with Crippen LogP contribution in [0.25, 0.3) is 0 Å². The van der Waals surface area contributed by atoms with Crippen molar-refractivity contribution in [2.24, 2.45) is 11.8 Å². The van der Waals surface area contributed by atoms with E-state index >= 15 is 0 Å². The number of likely N-dealkylation sites (N-methyl/N-ethyl adjacent to an activating group) is 1. The largest absolute Gasteiger partial charge is 0.374 e. The summed E-state index contributed by atoms with van der Waals surface area (Å²) in [6, 6.07) is 0.528. The van der Waals surface area contributed by atoms with E-state index in [4.69, 9.17) is 4.74 Å². The molecule has 0 aromatic rings. The first-order valence-electron chi connectivity index (χ1n) is 8.45. The first-order chi connectivity index (χ1) is 9.07. The van der Waals surface area contributed by atoms with Crippen molar-refractivity contribution in [1.29, 1.82) is 0 Å². The van der Waals surface area contributed by atoms with Gasteiger partial charge in [-0.3, -0.25) is 0 Å². The van der Waals surface area contributed by atoms with Crippen molar-refractivity contribution in [3.8, 4) is 0 Å². The molecule has 0 spiro atoms. The average Bonchev–Trinajstić information content (AvgIpc) is 2.41. The molecular formula is C17H35NO. The minimum Gasteiger partial charge on any atom is -0.374 e. The van der Waals surface area contributed by atoms with Gasteiger partial charge in [-0.05, 0) is 57.4 Å². The minimum atomic E-state index is 0.0979. The number of ether oxygens (including phenoxy) is 1. The zero-order chi connectivity index (χ0) is 14.3. The van der Waals surface area contributed by atoms with Crippen molar-refractivity contribution >= 4 is 0 Å². The Bertz CT molecular complexity index is 233. The molecule has 114 valence electrons. The Labute approximate surface area is 120 Å². The molecule has 0 saturated heterocycles. The lowest BCUT2D eigenvalue weighted by Crippen LogP contribution is -2.55. The van der Waals surface area contributed by atoms with Crippen LogP contribution < -0.4 is 5.32 Å². The lowest BCUT2D eigenvalue weighted by molar-refractivity contribution is -0.0998. The maximum atomic E-state index is 6.32. The number of nitrogens with one attached hydrogen (secondary N) is 1. The van der Waals surface area contributed by atoms with Crippen molar-refractivity contribution in [2.75, 3.05) is 13.2 Å². The molecule has 0 amide bonds. The van der Waals surface area contributed by atoms with E-state index in [9.17, 15) is 0 Å². The van der Waals surface area contributed by atoms with Crippen LogP contribution in [-0.2, 0) is 4.74 Å². The Kier molecular flexibility index (Phi) is 7.38. The Hall–Kier alpha value is -0.0800. The van der Waals surface area contributed by atoms with Crippen LogP contribution in [0.1, 0.15) is 73.1 Å². The minimum absolute atomic E-state index is 0.0979. The fraction of sp³-hybridized carbons (Fsp3) is 1.00. The van der Waals surface area contributed by atoms with Crippen molar-refractivity contribution in [2.45, 2.75) is 84.8 Å². The normalized spacial score (nSPS) is 31.1. The van der Waals surface area contributed by atoms with Crippen LogP contribution in [0.3, 0.4) is 0 Å². The topological polar surface area (TPSA) is 21.3 Å². The number of hydrogen-bond donors (Lipinski definition) is 1. The first kappa shape index (κ1) is 17.0. The van der Waals surface area contributed by atoms with E-state index in [1.807, 2.05) is 0 Å². The second-order valence-corrected chi connectivity index (χ2v) is 6.54. The molecule has 1 saturated carbocycles. The van der Waals surface area contributed by atoms with Crippen LogP contribution in [0.15, 0.2) is 0 Å². The summed E-state index contributed by atoms with van der Waals surface area (Å²) in [6.07, 6.45) is 7.62. The number of rotatable bonds is 8. The van der Waals surface area contributed by atoms with Gasteiger partial charge in [-0.1, -0.05) is 34.1 Å². The van der Waals surface area contributed by atoms with Gasteiger partial charge in [-0.2, -0.15) is 0 Å². The maximum Gasteiger partial charge on any atom is 0.0834 e. The smallest absolute Gasteiger partial charge is 0.0834 e. The second kappa shape index (κ2) is 8.26. The highest BCUT2D eigenvalue weighted by Gasteiger charge is 2.41. The van der Waals surface area contributed by atoms with Gasteiger partial charge in [0.25, 0.3) is 0 Å². The van der Waals surface area contributed by atoms with E-state index in [2.05, 4.69) is 39.9 Å². The Morgan fingerprint density at radius 3 is 2.32 bits per heavy atom. The van der Waals surface area contributed by atoms with Gasteiger partial charge in [0, 0.05) is 12.6 Å². The fourth-order valence-corrected chi connectivity index (χ4v) is 3.43. The summed E-state index contributed by atoms with van der Waals surface area (Å²) in [4.78, 5) is 0. The molecule has 0 radical (unpaired) electrons. The summed E-state index contributed by atoms with van der Waals surface area (Å²) in [7, 11) is 0. The zero-order valence-electron chi connectivity index (χ0n) is 13.8. The van der Waals surface area contributed by atoms with E-state index in [1.54, 1.807) is 0 Å². The second-order valence-electron chi connectivity index (χ2n) is 6.54. The molecule has 0 bridgehead atoms. The van der Waals surface area contributed by atoms with E-state index < -0.39 is 0 Å². The van der Waals surface area contributed by atoms with Gasteiger partial charge in [0.1, 0.15) is 0 Å². The van der Waals surface area contributed by atoms with Gasteiger partial charge in [-0.15, -0.1) is 0 Å². The van der Waals surface area contributed by atoms with Gasteiger partial charge in [0.05, 0.1) is 5.60 Å². The first-order valence-corrected chi connectivity index (χ1v) is 8.45. The summed E-state index contributed by atoms with van der Waals surface area (Å²) in [5, 5.41) is 3.73. The summed E-state index contributed by atoms with van der Waals surface area (Å²) < 4.78 is 6.32. The van der Waals surface area contributed by atoms with Crippen LogP contribution in [0.2, 0.25) is 0 Å². The van der Waals surface area contributed by atoms with Crippen molar-refractivity contribution in [3.05, 3.63) is 0 Å². The van der Waals surface area contributed by atoms with E-state index in [1.165, 1.54) is 38.5 Å². The third kappa shape index (κ3) is 4.75. The molecule has 0 aromatic heterocycles. The average molecular weight is 269 g/mol. The molecule has 2 atom stereocenters. The highest BCUT2D eigenvalue weighted by molar-refractivity contribution is 4.97. The maximum absolute atomic E-state index is 6.32. The Morgan fingerprint density at radius 2 is 1.84 bits per heavy atom. The van der Waals surface area contributed by atoms with Gasteiger partial charge in [0.15, 0.2) is 0 Å². The third-order valence-corrected chi connectivity index (χ3v) is 4.97. The molecule has 1 fully saturated rings. The third-order valence-electron chi connectivity index (χ3n) is 4.97. The zero-order valence-corrected chi connectivity index (χ0v) is 13.8. The van der Waals surface area contributed by atoms with E-state index in [0.29, 0.717) is 6.04 Å². The Morgan fingerprint density at radius 1 is 1.21 bits per heavy atom. The summed E-state index contributed by atoms with van der Waals surface area (Å²) in [5.74, 6) is 1.65. The molecule has 2 heteroatoms. The predicted molar refractivity (Wildman–Crippen MR) is 83.5 cm³/mol. The van der Waals surface area contributed by atoms with Crippen molar-refractivity contribution in [1.82, 2.24) is 5.32 Å². The molecule has 0 heterocycles. The summed E-state index contributed by atoms with van der Waals surface area (Å²) >= 11 is 0. The standard InChI is InChI=1S/C17H35NO/c1-6-14(4)13-16(18-7-2)17(19-8-3)11-9-15(5)10-12-17/h14-16,18H,6-13H2,1-5H3. The van der Waals surface area contributed by atoms with Gasteiger partial charge >= 0.3 is 0 Å². The van der Waals surface area contributed by atoms with Crippen LogP contribution in [-0.4, -0.2) is 24.8 Å². The van der Waals surface area contributed by atoms with Crippen LogP contribution in [0.4, 0.5) is 0 Å². The quantitative estimate of drug-likeness (QED) is 0.706. The molecular weight excluding hydrogens is 234 g/mol. The van der Waals surface area contributed by atoms with Crippen molar-refractivity contribution < 1.29 is 4.74 Å². The highest BCUT2D eigenvalue weighted by atomic mass is 16.5. The lowest BCUT2D eigenvalue weighted by atomic mass is 9.73. The molecule has 1 N–H and O–H groups in total. The lowest BCUT2D eigenvalue weighted by Gasteiger charge is -2.46. The fourth-order valence-electron chi connectivity index (χ4n) is 3.43. The predicted octanol–water partition coefficient (Wildman–Crippen LogP) is 4.39. The molecule has 2 nitrogen and oxygen atoms in total. The van der Waals surface area contributed by atoms with E-state index in [0.717, 1.165) is 25.0 Å². The molecule has 1 rings (SSSR count).